The Kier molecular flexibility index (Phi) is 31.4. The number of carbonyl (C=O) groups is 7. The summed E-state index contributed by atoms with van der Waals surface area (Å²) in [5.74, 6) is -3.33. The molecule has 2 amide bonds. The minimum atomic E-state index is -2.83. The molecule has 2 N–H and O–H groups in total. The van der Waals surface area contributed by atoms with E-state index in [0.29, 0.717) is 30.4 Å². The highest BCUT2D eigenvalue weighted by Gasteiger charge is 2.59. The Labute approximate surface area is 575 Å². The molecular weight excluding hydrogens is 1340 g/mol. The van der Waals surface area contributed by atoms with Crippen LogP contribution in [0.15, 0.2) is 104 Å². The van der Waals surface area contributed by atoms with E-state index in [1.54, 1.807) is 67.6 Å². The van der Waals surface area contributed by atoms with Crippen LogP contribution in [0.25, 0.3) is 0 Å². The third-order valence-corrected chi connectivity index (χ3v) is 20.5. The molecule has 96 heavy (non-hydrogen) atoms. The summed E-state index contributed by atoms with van der Waals surface area (Å²) < 4.78 is 105. The van der Waals surface area contributed by atoms with E-state index in [2.05, 4.69) is 17.2 Å². The average molecular weight is 1430 g/mol. The molecule has 0 unspecified atom stereocenters. The summed E-state index contributed by atoms with van der Waals surface area (Å²) in [6.07, 6.45) is -21.9. The molecule has 0 radical (unpaired) electrons. The van der Waals surface area contributed by atoms with E-state index in [0.717, 1.165) is 26.3 Å². The zero-order chi connectivity index (χ0) is 70.2. The highest BCUT2D eigenvalue weighted by Crippen LogP contribution is 2.41. The molecule has 532 valence electrons. The maximum atomic E-state index is 14.4. The van der Waals surface area contributed by atoms with Crippen LogP contribution in [0.5, 0.6) is 0 Å². The molecule has 6 rings (SSSR count). The lowest BCUT2D eigenvalue weighted by molar-refractivity contribution is -0.377. The topological polar surface area (TPSA) is 300 Å². The average Bonchev–Trinajstić information content (AvgIpc) is 0.769. The molecule has 3 aliphatic rings. The Bertz CT molecular complexity index is 2950. The summed E-state index contributed by atoms with van der Waals surface area (Å²) in [6.45, 7) is 17.7. The number of hydrogen-bond acceptors (Lipinski definition) is 24. The number of halogens is 3. The molecule has 26 nitrogen and oxygen atoms in total. The minimum Gasteiger partial charge on any atom is -0.456 e. The van der Waals surface area contributed by atoms with E-state index in [-0.39, 0.29) is 46.2 Å². The number of rotatable bonds is 32. The Hall–Kier alpha value is -6.18. The SMILES string of the molecule is C=CCOC(=O)OC[C@H]1O[C@@H](O[C@H]2[C@H](O[C@@H]3O[C@@H](C)[C@@H](OC(C)=O)[C@@H](OC(C)=O)[C@@H]3OCc3ccccc3)[C@@H](NC(=O)OCC(Cl)(Cl)Cl)[C@H](OCCCCCNC(=O)OCc3ccccc3)O[C@@H]2CO[Si](C)(C)C(C)(C)C)[C@H](OC(C)=O)[C@@H](OC(C)=O)[C@H]1OCc1ccccc1. The van der Waals surface area contributed by atoms with Crippen molar-refractivity contribution in [1.82, 2.24) is 10.6 Å². The van der Waals surface area contributed by atoms with Crippen LogP contribution in [-0.2, 0) is 119 Å². The fourth-order valence-corrected chi connectivity index (χ4v) is 11.3. The van der Waals surface area contributed by atoms with Gasteiger partial charge >= 0.3 is 42.2 Å². The first kappa shape index (κ1) is 78.8. The van der Waals surface area contributed by atoms with E-state index in [1.807, 2.05) is 64.2 Å². The first-order chi connectivity index (χ1) is 45.5. The van der Waals surface area contributed by atoms with Gasteiger partial charge in [-0.25, -0.2) is 14.4 Å². The van der Waals surface area contributed by atoms with Crippen molar-refractivity contribution < 1.29 is 114 Å². The van der Waals surface area contributed by atoms with Gasteiger partial charge in [0, 0.05) is 40.8 Å². The van der Waals surface area contributed by atoms with Crippen LogP contribution >= 0.6 is 34.8 Å². The third kappa shape index (κ3) is 25.6. The van der Waals surface area contributed by atoms with Gasteiger partial charge in [0.25, 0.3) is 0 Å². The molecule has 3 aromatic rings. The normalized spacial score (nSPS) is 26.0. The van der Waals surface area contributed by atoms with Gasteiger partial charge in [-0.3, -0.25) is 19.2 Å². The van der Waals surface area contributed by atoms with Gasteiger partial charge in [-0.05, 0) is 61.0 Å². The Balaban J connectivity index is 1.52. The summed E-state index contributed by atoms with van der Waals surface area (Å²) >= 11 is 18.4. The van der Waals surface area contributed by atoms with Gasteiger partial charge in [0.2, 0.25) is 3.79 Å². The molecule has 15 atom stereocenters. The minimum absolute atomic E-state index is 0.0669. The fourth-order valence-electron chi connectivity index (χ4n) is 10.1. The number of ether oxygens (including phenoxy) is 16. The van der Waals surface area contributed by atoms with Crippen molar-refractivity contribution in [2.75, 3.05) is 39.6 Å². The molecule has 0 spiro atoms. The van der Waals surface area contributed by atoms with Gasteiger partial charge in [-0.1, -0.05) is 159 Å². The molecule has 30 heteroatoms. The highest BCUT2D eigenvalue weighted by molar-refractivity contribution is 6.74. The number of carbonyl (C=O) groups excluding carboxylic acids is 7. The van der Waals surface area contributed by atoms with Crippen molar-refractivity contribution in [1.29, 1.82) is 0 Å². The second kappa shape index (κ2) is 38.2. The van der Waals surface area contributed by atoms with Crippen molar-refractivity contribution in [3.05, 3.63) is 120 Å². The first-order valence-corrected chi connectivity index (χ1v) is 35.4. The maximum Gasteiger partial charge on any atom is 0.508 e. The monoisotopic (exact) mass is 1430 g/mol. The summed E-state index contributed by atoms with van der Waals surface area (Å²) in [6, 6.07) is 25.4. The van der Waals surface area contributed by atoms with Crippen molar-refractivity contribution in [2.45, 2.75) is 208 Å². The van der Waals surface area contributed by atoms with E-state index < -0.39 is 165 Å². The molecule has 3 aromatic carbocycles. The maximum absolute atomic E-state index is 14.4. The molecular formula is C66H89Cl3N2O24Si. The summed E-state index contributed by atoms with van der Waals surface area (Å²) in [5, 5.41) is 5.10. The van der Waals surface area contributed by atoms with Crippen LogP contribution in [0.4, 0.5) is 14.4 Å². The van der Waals surface area contributed by atoms with E-state index >= 15 is 0 Å². The van der Waals surface area contributed by atoms with Crippen molar-refractivity contribution >= 4 is 85.3 Å². The Morgan fingerprint density at radius 3 is 1.59 bits per heavy atom. The molecule has 0 bridgehead atoms. The summed E-state index contributed by atoms with van der Waals surface area (Å²) in [7, 11) is -2.83. The third-order valence-electron chi connectivity index (χ3n) is 15.7. The largest absolute Gasteiger partial charge is 0.508 e. The zero-order valence-electron chi connectivity index (χ0n) is 55.5. The Morgan fingerprint density at radius 1 is 0.542 bits per heavy atom. The molecule has 3 fully saturated rings. The van der Waals surface area contributed by atoms with E-state index in [1.165, 1.54) is 13.0 Å². The van der Waals surface area contributed by atoms with Crippen molar-refractivity contribution in [3.8, 4) is 0 Å². The van der Waals surface area contributed by atoms with E-state index in [4.69, 9.17) is 115 Å². The standard InChI is InChI=1S/C66H89Cl3N2O24Si/c1-12-32-80-64(78)84-37-48-52(81-34-45-25-17-13-18-26-45)56(90-43(5)74)58(91-44(6)75)61(93-48)94-53-49(38-86-96(10,11)65(7,8)9)92-59(79-33-24-16-23-31-70-62(76)83-36-47-29-21-15-22-30-47)50(71-63(77)85-39-66(67,68)69)54(53)95-60-57(82-35-46-27-19-14-20-28-46)55(89-42(4)73)51(40(2)87-60)88-41(3)72/h12-15,17-22,25-30,40,48-61H,1,16,23-24,31-39H2,2-11H3,(H,70,76)(H,71,77)/t40-,48+,49+,50+,51+,52-,53+,54+,55+,56-,57-,58+,59+,60-,61-/m0/s1. The van der Waals surface area contributed by atoms with Gasteiger partial charge in [-0.2, -0.15) is 0 Å². The second-order valence-corrected chi connectivity index (χ2v) is 31.7. The van der Waals surface area contributed by atoms with Gasteiger partial charge in [0.05, 0.1) is 25.9 Å². The van der Waals surface area contributed by atoms with Crippen LogP contribution in [0, 0.1) is 0 Å². The number of alkyl halides is 3. The predicted octanol–water partition coefficient (Wildman–Crippen LogP) is 9.79. The molecule has 0 aromatic heterocycles. The van der Waals surface area contributed by atoms with Crippen LogP contribution in [0.3, 0.4) is 0 Å². The summed E-state index contributed by atoms with van der Waals surface area (Å²) in [4.78, 5) is 93.2. The molecule has 3 aliphatic heterocycles. The van der Waals surface area contributed by atoms with Crippen LogP contribution < -0.4 is 10.6 Å². The summed E-state index contributed by atoms with van der Waals surface area (Å²) in [5.41, 5.74) is 2.12. The van der Waals surface area contributed by atoms with Gasteiger partial charge in [-0.15, -0.1) is 0 Å². The number of hydrogen-bond donors (Lipinski definition) is 2. The lowest BCUT2D eigenvalue weighted by atomic mass is 9.94. The molecule has 0 saturated carbocycles. The lowest BCUT2D eigenvalue weighted by Crippen LogP contribution is -2.71. The highest BCUT2D eigenvalue weighted by atomic mass is 35.6. The number of nitrogens with one attached hydrogen (secondary N) is 2. The van der Waals surface area contributed by atoms with Crippen molar-refractivity contribution in [2.24, 2.45) is 0 Å². The van der Waals surface area contributed by atoms with Crippen molar-refractivity contribution in [3.63, 3.8) is 0 Å². The van der Waals surface area contributed by atoms with Gasteiger partial charge in [0.1, 0.15) is 69.1 Å². The predicted molar refractivity (Wildman–Crippen MR) is 347 cm³/mol. The smallest absolute Gasteiger partial charge is 0.456 e. The van der Waals surface area contributed by atoms with Crippen LogP contribution in [0.2, 0.25) is 18.1 Å². The number of esters is 4. The number of amides is 2. The van der Waals surface area contributed by atoms with Gasteiger partial charge < -0.3 is 90.8 Å². The van der Waals surface area contributed by atoms with Gasteiger partial charge in [0.15, 0.2) is 51.6 Å². The number of benzene rings is 3. The second-order valence-electron chi connectivity index (χ2n) is 24.3. The first-order valence-electron chi connectivity index (χ1n) is 31.4. The van der Waals surface area contributed by atoms with Crippen LogP contribution in [0.1, 0.15) is 91.3 Å². The lowest BCUT2D eigenvalue weighted by Gasteiger charge is -2.52. The molecule has 3 saturated heterocycles. The van der Waals surface area contributed by atoms with E-state index in [9.17, 15) is 33.6 Å². The fraction of sp³-hybridized carbons (Fsp3) is 0.591. The quantitative estimate of drug-likeness (QED) is 0.0147. The number of alkyl carbamates (subject to hydrolysis) is 2. The Morgan fingerprint density at radius 2 is 1.04 bits per heavy atom. The van der Waals surface area contributed by atoms with Crippen LogP contribution in [-0.4, -0.2) is 186 Å². The molecule has 0 aliphatic carbocycles. The number of unbranched alkanes of at least 4 members (excludes halogenated alkanes) is 2. The zero-order valence-corrected chi connectivity index (χ0v) is 58.8. The molecule has 3 heterocycles.